The average molecular weight is 305 g/mol. The molecule has 0 aliphatic heterocycles. The summed E-state index contributed by atoms with van der Waals surface area (Å²) in [6.45, 7) is 4.08. The number of carbonyl (C=O) groups is 2. The van der Waals surface area contributed by atoms with Gasteiger partial charge in [-0.3, -0.25) is 19.7 Å². The van der Waals surface area contributed by atoms with E-state index in [9.17, 15) is 19.7 Å². The monoisotopic (exact) mass is 305 g/mol. The highest BCUT2D eigenvalue weighted by Crippen LogP contribution is 2.13. The summed E-state index contributed by atoms with van der Waals surface area (Å²) in [5.74, 6) is -0.690. The summed E-state index contributed by atoms with van der Waals surface area (Å²) in [5, 5.41) is 15.9. The van der Waals surface area contributed by atoms with Gasteiger partial charge in [0.05, 0.1) is 4.92 Å². The number of nitrogens with zero attached hydrogens (tertiary/aromatic N) is 1. The van der Waals surface area contributed by atoms with E-state index in [0.717, 1.165) is 6.42 Å². The van der Waals surface area contributed by atoms with Gasteiger partial charge < -0.3 is 10.6 Å². The molecule has 0 aliphatic rings. The maximum Gasteiger partial charge on any atom is 0.270 e. The summed E-state index contributed by atoms with van der Waals surface area (Å²) >= 11 is 0. The number of hydrogen-bond acceptors (Lipinski definition) is 4. The number of non-ortho nitro benzene ring substituents is 1. The van der Waals surface area contributed by atoms with Gasteiger partial charge in [0.15, 0.2) is 0 Å². The van der Waals surface area contributed by atoms with Gasteiger partial charge in [-0.05, 0) is 25.0 Å². The molecule has 118 valence electrons. The van der Waals surface area contributed by atoms with Crippen molar-refractivity contribution in [2.24, 2.45) is 0 Å². The lowest BCUT2D eigenvalue weighted by Gasteiger charge is -2.12. The smallest absolute Gasteiger partial charge is 0.270 e. The number of nitro benzene ring substituents is 1. The first kappa shape index (κ1) is 17.4. The van der Waals surface area contributed by atoms with Crippen LogP contribution in [0.1, 0.15) is 25.8 Å². The van der Waals surface area contributed by atoms with Crippen molar-refractivity contribution < 1.29 is 14.5 Å². The highest BCUT2D eigenvalue weighted by atomic mass is 16.6. The Labute approximate surface area is 128 Å². The highest BCUT2D eigenvalue weighted by Gasteiger charge is 2.13. The Kier molecular flexibility index (Phi) is 6.75. The van der Waals surface area contributed by atoms with Crippen molar-refractivity contribution >= 4 is 23.6 Å². The van der Waals surface area contributed by atoms with Crippen molar-refractivity contribution in [2.75, 3.05) is 6.54 Å². The minimum Gasteiger partial charge on any atom is -0.354 e. The Bertz CT molecular complexity index is 584. The molecule has 1 aromatic carbocycles. The first-order valence-electron chi connectivity index (χ1n) is 6.94. The molecular weight excluding hydrogens is 286 g/mol. The van der Waals surface area contributed by atoms with Crippen LogP contribution in [-0.2, 0) is 9.59 Å². The predicted octanol–water partition coefficient (Wildman–Crippen LogP) is 1.64. The molecule has 2 amide bonds. The second-order valence-corrected chi connectivity index (χ2v) is 4.71. The van der Waals surface area contributed by atoms with Crippen LogP contribution in [0.15, 0.2) is 30.3 Å². The van der Waals surface area contributed by atoms with Crippen LogP contribution in [0, 0.1) is 10.1 Å². The Hall–Kier alpha value is -2.70. The summed E-state index contributed by atoms with van der Waals surface area (Å²) in [6.07, 6.45) is 3.51. The Balaban J connectivity index is 2.59. The van der Waals surface area contributed by atoms with Crippen LogP contribution in [0.3, 0.4) is 0 Å². The summed E-state index contributed by atoms with van der Waals surface area (Å²) in [7, 11) is 0. The zero-order chi connectivity index (χ0) is 16.5. The number of nitro groups is 1. The zero-order valence-corrected chi connectivity index (χ0v) is 12.5. The number of amides is 2. The van der Waals surface area contributed by atoms with Gasteiger partial charge in [0.25, 0.3) is 5.69 Å². The molecule has 7 nitrogen and oxygen atoms in total. The molecule has 7 heteroatoms. The maximum absolute atomic E-state index is 11.7. The van der Waals surface area contributed by atoms with E-state index < -0.39 is 16.9 Å². The van der Waals surface area contributed by atoms with Crippen molar-refractivity contribution in [2.45, 2.75) is 26.3 Å². The van der Waals surface area contributed by atoms with Crippen molar-refractivity contribution in [3.8, 4) is 0 Å². The first-order chi connectivity index (χ1) is 10.4. The maximum atomic E-state index is 11.7. The normalized spacial score (nSPS) is 11.9. The van der Waals surface area contributed by atoms with E-state index in [1.54, 1.807) is 13.0 Å². The Morgan fingerprint density at radius 2 is 2.14 bits per heavy atom. The van der Waals surface area contributed by atoms with Crippen molar-refractivity contribution in [1.82, 2.24) is 10.6 Å². The minimum atomic E-state index is -0.645. The van der Waals surface area contributed by atoms with E-state index in [4.69, 9.17) is 0 Å². The average Bonchev–Trinajstić information content (AvgIpc) is 2.50. The summed E-state index contributed by atoms with van der Waals surface area (Å²) in [5.41, 5.74) is 0.488. The first-order valence-corrected chi connectivity index (χ1v) is 6.94. The molecular formula is C15H19N3O4. The molecule has 0 saturated heterocycles. The standard InChI is InChI=1S/C15H19N3O4/c1-3-9-16-15(20)11(2)17-14(19)8-7-12-5-4-6-13(10-12)18(21)22/h4-8,10-11H,3,9H2,1-2H3,(H,16,20)(H,17,19)/b8-7+/t11-/m0/s1. The second-order valence-electron chi connectivity index (χ2n) is 4.71. The van der Waals surface area contributed by atoms with E-state index in [1.807, 2.05) is 6.92 Å². The van der Waals surface area contributed by atoms with Crippen LogP contribution in [0.25, 0.3) is 6.08 Å². The van der Waals surface area contributed by atoms with Crippen molar-refractivity contribution in [3.63, 3.8) is 0 Å². The number of hydrogen-bond donors (Lipinski definition) is 2. The van der Waals surface area contributed by atoms with E-state index in [-0.39, 0.29) is 11.6 Å². The lowest BCUT2D eigenvalue weighted by atomic mass is 10.2. The van der Waals surface area contributed by atoms with E-state index in [2.05, 4.69) is 10.6 Å². The molecule has 1 rings (SSSR count). The molecule has 0 aliphatic carbocycles. The molecule has 1 aromatic rings. The zero-order valence-electron chi connectivity index (χ0n) is 12.5. The van der Waals surface area contributed by atoms with Crippen LogP contribution < -0.4 is 10.6 Å². The third kappa shape index (κ3) is 5.74. The van der Waals surface area contributed by atoms with Gasteiger partial charge in [0.2, 0.25) is 11.8 Å². The summed E-state index contributed by atoms with van der Waals surface area (Å²) < 4.78 is 0. The summed E-state index contributed by atoms with van der Waals surface area (Å²) in [4.78, 5) is 33.5. The molecule has 0 heterocycles. The minimum absolute atomic E-state index is 0.0464. The fourth-order valence-electron chi connectivity index (χ4n) is 1.64. The molecule has 0 radical (unpaired) electrons. The molecule has 0 aromatic heterocycles. The Morgan fingerprint density at radius 3 is 2.77 bits per heavy atom. The molecule has 1 atom stereocenters. The largest absolute Gasteiger partial charge is 0.354 e. The SMILES string of the molecule is CCCNC(=O)[C@H](C)NC(=O)/C=C/c1cccc([N+](=O)[O-])c1. The molecule has 22 heavy (non-hydrogen) atoms. The van der Waals surface area contributed by atoms with Gasteiger partial charge in [-0.25, -0.2) is 0 Å². The topological polar surface area (TPSA) is 101 Å². The van der Waals surface area contributed by atoms with Gasteiger partial charge in [-0.1, -0.05) is 19.1 Å². The van der Waals surface area contributed by atoms with Crippen LogP contribution in [0.5, 0.6) is 0 Å². The number of carbonyl (C=O) groups excluding carboxylic acids is 2. The van der Waals surface area contributed by atoms with Crippen molar-refractivity contribution in [1.29, 1.82) is 0 Å². The van der Waals surface area contributed by atoms with Crippen LogP contribution in [0.4, 0.5) is 5.69 Å². The molecule has 0 saturated carbocycles. The summed E-state index contributed by atoms with van der Waals surface area (Å²) in [6, 6.07) is 5.28. The Morgan fingerprint density at radius 1 is 1.41 bits per heavy atom. The van der Waals surface area contributed by atoms with E-state index >= 15 is 0 Å². The number of nitrogens with one attached hydrogen (secondary N) is 2. The number of benzene rings is 1. The van der Waals surface area contributed by atoms with Crippen molar-refractivity contribution in [3.05, 3.63) is 46.0 Å². The molecule has 0 fully saturated rings. The van der Waals surface area contributed by atoms with E-state index in [1.165, 1.54) is 30.4 Å². The van der Waals surface area contributed by atoms with E-state index in [0.29, 0.717) is 12.1 Å². The number of rotatable bonds is 7. The molecule has 0 spiro atoms. The molecule has 0 unspecified atom stereocenters. The lowest BCUT2D eigenvalue weighted by molar-refractivity contribution is -0.384. The van der Waals surface area contributed by atoms with Gasteiger partial charge in [0.1, 0.15) is 6.04 Å². The van der Waals surface area contributed by atoms with Gasteiger partial charge in [-0.2, -0.15) is 0 Å². The van der Waals surface area contributed by atoms with Gasteiger partial charge >= 0.3 is 0 Å². The fraction of sp³-hybridized carbons (Fsp3) is 0.333. The second kappa shape index (κ2) is 8.56. The molecule has 2 N–H and O–H groups in total. The lowest BCUT2D eigenvalue weighted by Crippen LogP contribution is -2.44. The predicted molar refractivity (Wildman–Crippen MR) is 83.0 cm³/mol. The van der Waals surface area contributed by atoms with Gasteiger partial charge in [-0.15, -0.1) is 0 Å². The van der Waals surface area contributed by atoms with Crippen LogP contribution >= 0.6 is 0 Å². The van der Waals surface area contributed by atoms with Crippen LogP contribution in [0.2, 0.25) is 0 Å². The highest BCUT2D eigenvalue weighted by molar-refractivity contribution is 5.95. The third-order valence-electron chi connectivity index (χ3n) is 2.81. The van der Waals surface area contributed by atoms with Crippen LogP contribution in [-0.4, -0.2) is 29.3 Å². The van der Waals surface area contributed by atoms with Gasteiger partial charge in [0, 0.05) is 24.8 Å². The quantitative estimate of drug-likeness (QED) is 0.454. The third-order valence-corrected chi connectivity index (χ3v) is 2.81. The molecule has 0 bridgehead atoms. The fourth-order valence-corrected chi connectivity index (χ4v) is 1.64.